The molecule has 0 radical (unpaired) electrons. The van der Waals surface area contributed by atoms with Crippen molar-refractivity contribution < 1.29 is 0 Å². The van der Waals surface area contributed by atoms with Crippen LogP contribution in [-0.4, -0.2) is 28.1 Å². The van der Waals surface area contributed by atoms with Crippen LogP contribution in [-0.2, 0) is 6.54 Å². The zero-order valence-corrected chi connectivity index (χ0v) is 10.8. The van der Waals surface area contributed by atoms with E-state index in [-0.39, 0.29) is 5.41 Å². The lowest BCUT2D eigenvalue weighted by Gasteiger charge is -2.24. The molecule has 1 heterocycles. The largest absolute Gasteiger partial charge is 0.316 e. The number of benzene rings is 1. The molecule has 0 fully saturated rings. The van der Waals surface area contributed by atoms with Crippen LogP contribution in [0.2, 0.25) is 0 Å². The average Bonchev–Trinajstić information content (AvgIpc) is 2.70. The highest BCUT2D eigenvalue weighted by atomic mass is 15.4. The van der Waals surface area contributed by atoms with Gasteiger partial charge in [0.25, 0.3) is 0 Å². The molecule has 0 aliphatic carbocycles. The van der Waals surface area contributed by atoms with Crippen molar-refractivity contribution in [1.82, 2.24) is 20.3 Å². The minimum absolute atomic E-state index is 0.173. The lowest BCUT2D eigenvalue weighted by atomic mass is 9.93. The van der Waals surface area contributed by atoms with E-state index < -0.39 is 0 Å². The van der Waals surface area contributed by atoms with E-state index in [9.17, 15) is 0 Å². The number of fused-ring (bicyclic) bond motifs is 1. The van der Waals surface area contributed by atoms with Crippen molar-refractivity contribution in [2.75, 3.05) is 13.1 Å². The fourth-order valence-electron chi connectivity index (χ4n) is 1.96. The lowest BCUT2D eigenvalue weighted by molar-refractivity contribution is 0.280. The van der Waals surface area contributed by atoms with Crippen molar-refractivity contribution in [3.63, 3.8) is 0 Å². The van der Waals surface area contributed by atoms with Crippen molar-refractivity contribution in [2.24, 2.45) is 5.41 Å². The molecule has 0 amide bonds. The van der Waals surface area contributed by atoms with E-state index in [0.29, 0.717) is 0 Å². The first-order valence-corrected chi connectivity index (χ1v) is 6.11. The highest BCUT2D eigenvalue weighted by Gasteiger charge is 2.19. The first-order valence-electron chi connectivity index (χ1n) is 6.11. The van der Waals surface area contributed by atoms with Gasteiger partial charge in [-0.25, -0.2) is 4.68 Å². The number of nitrogens with one attached hydrogen (secondary N) is 1. The molecule has 1 aromatic carbocycles. The van der Waals surface area contributed by atoms with E-state index in [0.717, 1.165) is 30.7 Å². The van der Waals surface area contributed by atoms with Crippen molar-refractivity contribution >= 4 is 11.0 Å². The predicted octanol–water partition coefficient (Wildman–Crippen LogP) is 2.07. The molecule has 0 aliphatic rings. The van der Waals surface area contributed by atoms with Crippen LogP contribution in [0, 0.1) is 5.41 Å². The zero-order valence-electron chi connectivity index (χ0n) is 10.8. The van der Waals surface area contributed by atoms with Crippen LogP contribution in [0.3, 0.4) is 0 Å². The molecule has 0 saturated carbocycles. The fourth-order valence-corrected chi connectivity index (χ4v) is 1.96. The molecule has 2 rings (SSSR count). The van der Waals surface area contributed by atoms with E-state index in [1.165, 1.54) is 0 Å². The molecule has 1 aromatic heterocycles. The second-order valence-electron chi connectivity index (χ2n) is 5.18. The second-order valence-corrected chi connectivity index (χ2v) is 5.18. The van der Waals surface area contributed by atoms with E-state index >= 15 is 0 Å². The molecule has 92 valence electrons. The van der Waals surface area contributed by atoms with Crippen LogP contribution < -0.4 is 5.32 Å². The third-order valence-corrected chi connectivity index (χ3v) is 2.85. The molecule has 0 atom stereocenters. The van der Waals surface area contributed by atoms with Crippen molar-refractivity contribution in [2.45, 2.75) is 27.3 Å². The Kier molecular flexibility index (Phi) is 3.43. The average molecular weight is 232 g/mol. The fraction of sp³-hybridized carbons (Fsp3) is 0.538. The number of hydrogen-bond donors (Lipinski definition) is 1. The Morgan fingerprint density at radius 2 is 2.06 bits per heavy atom. The van der Waals surface area contributed by atoms with Gasteiger partial charge in [-0.3, -0.25) is 0 Å². The van der Waals surface area contributed by atoms with E-state index in [2.05, 4.69) is 42.5 Å². The normalized spacial score (nSPS) is 12.2. The molecule has 0 saturated heterocycles. The Bertz CT molecular complexity index is 487. The van der Waals surface area contributed by atoms with Gasteiger partial charge in [0.1, 0.15) is 5.52 Å². The predicted molar refractivity (Wildman–Crippen MR) is 69.9 cm³/mol. The smallest absolute Gasteiger partial charge is 0.113 e. The third kappa shape index (κ3) is 2.82. The van der Waals surface area contributed by atoms with Crippen LogP contribution >= 0.6 is 0 Å². The summed E-state index contributed by atoms with van der Waals surface area (Å²) in [6.07, 6.45) is 0. The standard InChI is InChI=1S/C13H20N4/c1-4-14-9-13(2,3)10-17-12-8-6-5-7-11(12)15-16-17/h5-8,14H,4,9-10H2,1-3H3. The monoisotopic (exact) mass is 232 g/mol. The maximum atomic E-state index is 4.23. The van der Waals surface area contributed by atoms with Crippen molar-refractivity contribution in [1.29, 1.82) is 0 Å². The molecule has 2 aromatic rings. The van der Waals surface area contributed by atoms with Gasteiger partial charge in [0.05, 0.1) is 5.52 Å². The number of para-hydroxylation sites is 1. The Hall–Kier alpha value is -1.42. The van der Waals surface area contributed by atoms with Gasteiger partial charge in [0.2, 0.25) is 0 Å². The lowest BCUT2D eigenvalue weighted by Crippen LogP contribution is -2.33. The van der Waals surface area contributed by atoms with Crippen LogP contribution in [0.4, 0.5) is 0 Å². The van der Waals surface area contributed by atoms with Crippen LogP contribution in [0.25, 0.3) is 11.0 Å². The summed E-state index contributed by atoms with van der Waals surface area (Å²) >= 11 is 0. The summed E-state index contributed by atoms with van der Waals surface area (Å²) in [6, 6.07) is 8.08. The maximum absolute atomic E-state index is 4.23. The topological polar surface area (TPSA) is 42.7 Å². The van der Waals surface area contributed by atoms with Crippen LogP contribution in [0.15, 0.2) is 24.3 Å². The molecule has 1 N–H and O–H groups in total. The van der Waals surface area contributed by atoms with Crippen molar-refractivity contribution in [3.8, 4) is 0 Å². The highest BCUT2D eigenvalue weighted by Crippen LogP contribution is 2.19. The molecule has 0 aliphatic heterocycles. The van der Waals surface area contributed by atoms with E-state index in [1.54, 1.807) is 0 Å². The minimum atomic E-state index is 0.173. The summed E-state index contributed by atoms with van der Waals surface area (Å²) in [7, 11) is 0. The SMILES string of the molecule is CCNCC(C)(C)Cn1nnc2ccccc21. The van der Waals surface area contributed by atoms with Crippen molar-refractivity contribution in [3.05, 3.63) is 24.3 Å². The summed E-state index contributed by atoms with van der Waals surface area (Å²) in [5.41, 5.74) is 2.25. The minimum Gasteiger partial charge on any atom is -0.316 e. The molecule has 0 unspecified atom stereocenters. The molecule has 0 bridgehead atoms. The van der Waals surface area contributed by atoms with E-state index in [1.807, 2.05) is 22.9 Å². The van der Waals surface area contributed by atoms with Gasteiger partial charge in [-0.1, -0.05) is 38.1 Å². The molecule has 4 nitrogen and oxygen atoms in total. The first kappa shape index (κ1) is 12.0. The van der Waals surface area contributed by atoms with Gasteiger partial charge in [-0.15, -0.1) is 5.10 Å². The number of hydrogen-bond acceptors (Lipinski definition) is 3. The summed E-state index contributed by atoms with van der Waals surface area (Å²) in [5, 5.41) is 11.8. The third-order valence-electron chi connectivity index (χ3n) is 2.85. The molecule has 0 spiro atoms. The first-order chi connectivity index (χ1) is 8.12. The molecule has 17 heavy (non-hydrogen) atoms. The van der Waals surface area contributed by atoms with Gasteiger partial charge in [0.15, 0.2) is 0 Å². The second kappa shape index (κ2) is 4.84. The maximum Gasteiger partial charge on any atom is 0.113 e. The van der Waals surface area contributed by atoms with Gasteiger partial charge in [-0.05, 0) is 24.1 Å². The van der Waals surface area contributed by atoms with Crippen LogP contribution in [0.5, 0.6) is 0 Å². The molecule has 4 heteroatoms. The van der Waals surface area contributed by atoms with E-state index in [4.69, 9.17) is 0 Å². The van der Waals surface area contributed by atoms with Gasteiger partial charge < -0.3 is 5.32 Å². The summed E-state index contributed by atoms with van der Waals surface area (Å²) in [6.45, 7) is 9.47. The number of aromatic nitrogens is 3. The zero-order chi connectivity index (χ0) is 12.3. The Labute approximate surface area is 102 Å². The van der Waals surface area contributed by atoms with Gasteiger partial charge >= 0.3 is 0 Å². The van der Waals surface area contributed by atoms with Gasteiger partial charge in [0, 0.05) is 13.1 Å². The Morgan fingerprint density at radius 1 is 1.29 bits per heavy atom. The number of nitrogens with zero attached hydrogens (tertiary/aromatic N) is 3. The molecular formula is C13H20N4. The highest BCUT2D eigenvalue weighted by molar-refractivity contribution is 5.73. The molecular weight excluding hydrogens is 212 g/mol. The summed E-state index contributed by atoms with van der Waals surface area (Å²) in [5.74, 6) is 0. The number of rotatable bonds is 5. The van der Waals surface area contributed by atoms with Gasteiger partial charge in [-0.2, -0.15) is 0 Å². The Balaban J connectivity index is 2.18. The Morgan fingerprint density at radius 3 is 2.82 bits per heavy atom. The summed E-state index contributed by atoms with van der Waals surface area (Å²) < 4.78 is 1.99. The van der Waals surface area contributed by atoms with Crippen LogP contribution in [0.1, 0.15) is 20.8 Å². The summed E-state index contributed by atoms with van der Waals surface area (Å²) in [4.78, 5) is 0. The quantitative estimate of drug-likeness (QED) is 0.858.